The van der Waals surface area contributed by atoms with Gasteiger partial charge < -0.3 is 20.1 Å². The Bertz CT molecular complexity index is 1380. The van der Waals surface area contributed by atoms with Crippen LogP contribution in [0.5, 0.6) is 11.6 Å². The number of alkyl halides is 2. The number of nitrogens with two attached hydrogens (primary N) is 1. The Balaban J connectivity index is 1.47. The van der Waals surface area contributed by atoms with Crippen molar-refractivity contribution in [1.82, 2.24) is 24.6 Å². The lowest BCUT2D eigenvalue weighted by molar-refractivity contribution is -0.0533. The van der Waals surface area contributed by atoms with Crippen LogP contribution in [0.4, 0.5) is 24.8 Å². The number of ether oxygens (including phenoxy) is 2. The lowest BCUT2D eigenvalue weighted by Gasteiger charge is -2.33. The minimum Gasteiger partial charge on any atom is -0.494 e. The van der Waals surface area contributed by atoms with E-state index in [4.69, 9.17) is 15.5 Å². The van der Waals surface area contributed by atoms with Crippen molar-refractivity contribution in [2.45, 2.75) is 32.3 Å². The first-order valence-corrected chi connectivity index (χ1v) is 10.7. The molecule has 1 atom stereocenters. The van der Waals surface area contributed by atoms with E-state index in [1.54, 1.807) is 13.0 Å². The zero-order valence-corrected chi connectivity index (χ0v) is 18.5. The van der Waals surface area contributed by atoms with Gasteiger partial charge in [0.15, 0.2) is 23.0 Å². The zero-order chi connectivity index (χ0) is 24.0. The predicted octanol–water partition coefficient (Wildman–Crippen LogP) is 3.70. The third-order valence-corrected chi connectivity index (χ3v) is 5.95. The van der Waals surface area contributed by atoms with Gasteiger partial charge in [-0.2, -0.15) is 13.3 Å². The van der Waals surface area contributed by atoms with E-state index < -0.39 is 12.4 Å². The number of nitrogens with zero attached hydrogens (tertiary/aromatic N) is 6. The van der Waals surface area contributed by atoms with Gasteiger partial charge in [0.25, 0.3) is 0 Å². The monoisotopic (exact) mass is 473 g/mol. The van der Waals surface area contributed by atoms with Crippen LogP contribution < -0.4 is 20.1 Å². The summed E-state index contributed by atoms with van der Waals surface area (Å²) in [4.78, 5) is 15.2. The van der Waals surface area contributed by atoms with Gasteiger partial charge in [-0.15, -0.1) is 5.10 Å². The van der Waals surface area contributed by atoms with Crippen molar-refractivity contribution >= 4 is 28.2 Å². The standard InChI is InChI=1S/C22H22F3N7O2/c1-11-6-13(9-27-20(11)34-21(24)25)31-5-3-4-12(10-31)18-29-19-14-7-15(23)17(33-2)8-16(14)28-22(26)32(19)30-18/h6-9,12,21H,3-5,10H2,1-2H3,(H2,26,28)/t12-/m1/s1. The first-order valence-electron chi connectivity index (χ1n) is 10.7. The number of nitrogen functional groups attached to an aromatic ring is 1. The molecular formula is C22H22F3N7O2. The Morgan fingerprint density at radius 2 is 2.03 bits per heavy atom. The number of anilines is 2. The minimum absolute atomic E-state index is 0.0245. The van der Waals surface area contributed by atoms with Crippen LogP contribution in [0.2, 0.25) is 0 Å². The normalized spacial score (nSPS) is 16.5. The van der Waals surface area contributed by atoms with Gasteiger partial charge >= 0.3 is 6.61 Å². The van der Waals surface area contributed by atoms with E-state index in [2.05, 4.69) is 24.7 Å². The summed E-state index contributed by atoms with van der Waals surface area (Å²) in [5, 5.41) is 5.05. The van der Waals surface area contributed by atoms with E-state index in [1.165, 1.54) is 30.0 Å². The number of methoxy groups -OCH3 is 1. The average molecular weight is 473 g/mol. The molecule has 3 aromatic heterocycles. The fourth-order valence-electron chi connectivity index (χ4n) is 4.33. The highest BCUT2D eigenvalue weighted by Gasteiger charge is 2.27. The second-order valence-electron chi connectivity index (χ2n) is 8.16. The molecule has 1 fully saturated rings. The molecule has 4 aromatic rings. The number of halogens is 3. The first kappa shape index (κ1) is 22.0. The SMILES string of the molecule is COc1cc2nc(N)n3nc([C@@H]4CCCN(c5cnc(OC(F)F)c(C)c5)C4)nc3c2cc1F. The van der Waals surface area contributed by atoms with Gasteiger partial charge in [-0.1, -0.05) is 0 Å². The maximum absolute atomic E-state index is 14.4. The number of hydrogen-bond acceptors (Lipinski definition) is 8. The molecule has 178 valence electrons. The average Bonchev–Trinajstić information content (AvgIpc) is 3.27. The van der Waals surface area contributed by atoms with Gasteiger partial charge in [0.2, 0.25) is 11.8 Å². The lowest BCUT2D eigenvalue weighted by Crippen LogP contribution is -2.35. The highest BCUT2D eigenvalue weighted by molar-refractivity contribution is 5.93. The minimum atomic E-state index is -2.93. The maximum atomic E-state index is 14.4. The third kappa shape index (κ3) is 3.88. The largest absolute Gasteiger partial charge is 0.494 e. The molecule has 4 heterocycles. The number of pyridine rings is 1. The molecule has 5 rings (SSSR count). The first-order chi connectivity index (χ1) is 16.3. The number of benzene rings is 1. The van der Waals surface area contributed by atoms with Crippen LogP contribution in [0.3, 0.4) is 0 Å². The van der Waals surface area contributed by atoms with Crippen molar-refractivity contribution in [1.29, 1.82) is 0 Å². The van der Waals surface area contributed by atoms with Crippen molar-refractivity contribution in [2.75, 3.05) is 30.8 Å². The number of aryl methyl sites for hydroxylation is 1. The molecule has 2 N–H and O–H groups in total. The van der Waals surface area contributed by atoms with Crippen LogP contribution in [0, 0.1) is 12.7 Å². The van der Waals surface area contributed by atoms with Gasteiger partial charge in [-0.25, -0.2) is 19.3 Å². The molecule has 0 amide bonds. The highest BCUT2D eigenvalue weighted by Crippen LogP contribution is 2.32. The van der Waals surface area contributed by atoms with Crippen LogP contribution >= 0.6 is 0 Å². The molecule has 0 unspecified atom stereocenters. The Labute approximate surface area is 192 Å². The lowest BCUT2D eigenvalue weighted by atomic mass is 9.97. The molecule has 0 saturated carbocycles. The summed E-state index contributed by atoms with van der Waals surface area (Å²) in [5.41, 5.74) is 8.31. The number of piperidine rings is 1. The van der Waals surface area contributed by atoms with Crippen LogP contribution in [0.1, 0.15) is 30.1 Å². The van der Waals surface area contributed by atoms with E-state index in [-0.39, 0.29) is 23.5 Å². The quantitative estimate of drug-likeness (QED) is 0.468. The number of fused-ring (bicyclic) bond motifs is 3. The summed E-state index contributed by atoms with van der Waals surface area (Å²) in [6, 6.07) is 4.57. The topological polar surface area (TPSA) is 104 Å². The van der Waals surface area contributed by atoms with Crippen LogP contribution in [0.25, 0.3) is 16.6 Å². The van der Waals surface area contributed by atoms with E-state index in [0.717, 1.165) is 25.1 Å². The van der Waals surface area contributed by atoms with Gasteiger partial charge in [0.1, 0.15) is 0 Å². The van der Waals surface area contributed by atoms with Crippen LogP contribution in [-0.2, 0) is 0 Å². The maximum Gasteiger partial charge on any atom is 0.388 e. The molecule has 1 aliphatic rings. The van der Waals surface area contributed by atoms with E-state index in [9.17, 15) is 13.2 Å². The third-order valence-electron chi connectivity index (χ3n) is 5.95. The molecule has 0 spiro atoms. The van der Waals surface area contributed by atoms with Gasteiger partial charge in [0, 0.05) is 36.0 Å². The summed E-state index contributed by atoms with van der Waals surface area (Å²) in [7, 11) is 1.38. The van der Waals surface area contributed by atoms with Crippen molar-refractivity contribution < 1.29 is 22.6 Å². The van der Waals surface area contributed by atoms with Crippen LogP contribution in [0.15, 0.2) is 24.4 Å². The van der Waals surface area contributed by atoms with Crippen molar-refractivity contribution in [3.63, 3.8) is 0 Å². The Morgan fingerprint density at radius 1 is 1.21 bits per heavy atom. The molecule has 12 heteroatoms. The molecular weight excluding hydrogens is 451 g/mol. The Kier molecular flexibility index (Phi) is 5.50. The second-order valence-corrected chi connectivity index (χ2v) is 8.16. The summed E-state index contributed by atoms with van der Waals surface area (Å²) in [5.74, 6) is 0.136. The highest BCUT2D eigenvalue weighted by atomic mass is 19.3. The summed E-state index contributed by atoms with van der Waals surface area (Å²) in [6.07, 6.45) is 3.24. The number of aromatic nitrogens is 5. The number of rotatable bonds is 5. The van der Waals surface area contributed by atoms with Gasteiger partial charge in [-0.05, 0) is 31.9 Å². The van der Waals surface area contributed by atoms with E-state index in [1.807, 2.05) is 0 Å². The smallest absolute Gasteiger partial charge is 0.388 e. The summed E-state index contributed by atoms with van der Waals surface area (Å²) >= 11 is 0. The Hall–Kier alpha value is -3.83. The van der Waals surface area contributed by atoms with Crippen LogP contribution in [-0.4, -0.2) is 51.4 Å². The Morgan fingerprint density at radius 3 is 2.76 bits per heavy atom. The predicted molar refractivity (Wildman–Crippen MR) is 119 cm³/mol. The molecule has 9 nitrogen and oxygen atoms in total. The number of hydrogen-bond donors (Lipinski definition) is 1. The summed E-state index contributed by atoms with van der Waals surface area (Å²) < 4.78 is 50.4. The molecule has 1 saturated heterocycles. The van der Waals surface area contributed by atoms with E-state index in [0.29, 0.717) is 34.5 Å². The van der Waals surface area contributed by atoms with Crippen molar-refractivity contribution in [3.8, 4) is 11.6 Å². The molecule has 1 aliphatic heterocycles. The van der Waals surface area contributed by atoms with Gasteiger partial charge in [-0.3, -0.25) is 0 Å². The molecule has 1 aromatic carbocycles. The molecule has 0 radical (unpaired) electrons. The van der Waals surface area contributed by atoms with Crippen molar-refractivity contribution in [2.24, 2.45) is 0 Å². The fraction of sp³-hybridized carbons (Fsp3) is 0.364. The van der Waals surface area contributed by atoms with Crippen molar-refractivity contribution in [3.05, 3.63) is 41.6 Å². The second kappa shape index (κ2) is 8.50. The van der Waals surface area contributed by atoms with E-state index >= 15 is 0 Å². The molecule has 34 heavy (non-hydrogen) atoms. The molecule has 0 aliphatic carbocycles. The summed E-state index contributed by atoms with van der Waals surface area (Å²) in [6.45, 7) is 0.122. The fourth-order valence-corrected chi connectivity index (χ4v) is 4.33. The van der Waals surface area contributed by atoms with Gasteiger partial charge in [0.05, 0.1) is 24.5 Å². The molecule has 0 bridgehead atoms. The zero-order valence-electron chi connectivity index (χ0n) is 18.5.